The molecule has 0 fully saturated rings. The van der Waals surface area contributed by atoms with Gasteiger partial charge in [0, 0.05) is 0 Å². The SMILES string of the molecule is COc1ccc(Oc2ccc(C(F)(F)F)cc2N=O)cc1. The van der Waals surface area contributed by atoms with Gasteiger partial charge < -0.3 is 9.47 Å². The number of alkyl halides is 3. The molecule has 0 bridgehead atoms. The minimum Gasteiger partial charge on any atom is -0.497 e. The van der Waals surface area contributed by atoms with Gasteiger partial charge in [0.2, 0.25) is 0 Å². The van der Waals surface area contributed by atoms with Crippen molar-refractivity contribution in [1.82, 2.24) is 0 Å². The first-order chi connectivity index (χ1) is 9.94. The molecule has 2 aromatic rings. The van der Waals surface area contributed by atoms with E-state index in [2.05, 4.69) is 5.18 Å². The maximum Gasteiger partial charge on any atom is 0.416 e. The van der Waals surface area contributed by atoms with Gasteiger partial charge in [0.05, 0.1) is 12.7 Å². The predicted molar refractivity (Wildman–Crippen MR) is 70.0 cm³/mol. The largest absolute Gasteiger partial charge is 0.497 e. The Bertz CT molecular complexity index is 639. The standard InChI is InChI=1S/C14H10F3NO3/c1-20-10-3-5-11(6-4-10)21-13-7-2-9(14(15,16)17)8-12(13)18-19/h2-8H,1H3. The molecule has 0 saturated heterocycles. The van der Waals surface area contributed by atoms with Gasteiger partial charge in [-0.3, -0.25) is 0 Å². The summed E-state index contributed by atoms with van der Waals surface area (Å²) in [6.45, 7) is 0. The monoisotopic (exact) mass is 297 g/mol. The molecule has 2 aromatic carbocycles. The van der Waals surface area contributed by atoms with Gasteiger partial charge in [-0.2, -0.15) is 13.2 Å². The van der Waals surface area contributed by atoms with Crippen LogP contribution in [0.25, 0.3) is 0 Å². The van der Waals surface area contributed by atoms with Gasteiger partial charge in [0.1, 0.15) is 11.5 Å². The van der Waals surface area contributed by atoms with E-state index < -0.39 is 17.4 Å². The van der Waals surface area contributed by atoms with Crippen molar-refractivity contribution in [2.75, 3.05) is 7.11 Å². The molecule has 0 aliphatic rings. The van der Waals surface area contributed by atoms with Crippen LogP contribution in [-0.2, 0) is 6.18 Å². The average Bonchev–Trinajstić information content (AvgIpc) is 2.47. The Labute approximate surface area is 118 Å². The number of methoxy groups -OCH3 is 1. The second kappa shape index (κ2) is 5.82. The Hall–Kier alpha value is -2.57. The molecule has 0 aromatic heterocycles. The van der Waals surface area contributed by atoms with Crippen molar-refractivity contribution in [2.45, 2.75) is 6.18 Å². The minimum atomic E-state index is -4.54. The number of rotatable bonds is 4. The fourth-order valence-electron chi connectivity index (χ4n) is 1.62. The lowest BCUT2D eigenvalue weighted by Gasteiger charge is -2.11. The molecule has 0 heterocycles. The minimum absolute atomic E-state index is 0.0526. The van der Waals surface area contributed by atoms with E-state index in [4.69, 9.17) is 9.47 Å². The van der Waals surface area contributed by atoms with Gasteiger partial charge in [-0.15, -0.1) is 4.91 Å². The Balaban J connectivity index is 2.29. The lowest BCUT2D eigenvalue weighted by atomic mass is 10.2. The second-order valence-electron chi connectivity index (χ2n) is 4.05. The average molecular weight is 297 g/mol. The van der Waals surface area contributed by atoms with E-state index in [0.29, 0.717) is 17.6 Å². The van der Waals surface area contributed by atoms with E-state index in [1.807, 2.05) is 0 Å². The third kappa shape index (κ3) is 3.50. The van der Waals surface area contributed by atoms with Crippen molar-refractivity contribution in [3.05, 3.63) is 52.9 Å². The number of hydrogen-bond donors (Lipinski definition) is 0. The van der Waals surface area contributed by atoms with Crippen molar-refractivity contribution in [3.8, 4) is 17.2 Å². The molecule has 110 valence electrons. The Morgan fingerprint density at radius 2 is 1.62 bits per heavy atom. The van der Waals surface area contributed by atoms with Gasteiger partial charge in [0.25, 0.3) is 0 Å². The van der Waals surface area contributed by atoms with Crippen molar-refractivity contribution in [3.63, 3.8) is 0 Å². The fourth-order valence-corrected chi connectivity index (χ4v) is 1.62. The number of ether oxygens (including phenoxy) is 2. The molecule has 0 amide bonds. The third-order valence-corrected chi connectivity index (χ3v) is 2.67. The summed E-state index contributed by atoms with van der Waals surface area (Å²) in [4.78, 5) is 10.7. The topological polar surface area (TPSA) is 47.9 Å². The van der Waals surface area contributed by atoms with Crippen LogP contribution in [0.5, 0.6) is 17.2 Å². The van der Waals surface area contributed by atoms with Crippen LogP contribution in [0.2, 0.25) is 0 Å². The number of benzene rings is 2. The molecule has 0 saturated carbocycles. The molecule has 7 heteroatoms. The van der Waals surface area contributed by atoms with Crippen molar-refractivity contribution < 1.29 is 22.6 Å². The van der Waals surface area contributed by atoms with Crippen LogP contribution in [0.3, 0.4) is 0 Å². The van der Waals surface area contributed by atoms with Crippen molar-refractivity contribution in [1.29, 1.82) is 0 Å². The predicted octanol–water partition coefficient (Wildman–Crippen LogP) is 4.90. The van der Waals surface area contributed by atoms with E-state index in [-0.39, 0.29) is 5.75 Å². The highest BCUT2D eigenvalue weighted by molar-refractivity contribution is 5.55. The zero-order chi connectivity index (χ0) is 15.5. The van der Waals surface area contributed by atoms with Crippen LogP contribution in [0, 0.1) is 4.91 Å². The summed E-state index contributed by atoms with van der Waals surface area (Å²) in [5.74, 6) is 0.895. The molecular weight excluding hydrogens is 287 g/mol. The van der Waals surface area contributed by atoms with Gasteiger partial charge in [-0.1, -0.05) is 0 Å². The van der Waals surface area contributed by atoms with Crippen LogP contribution in [0.4, 0.5) is 18.9 Å². The lowest BCUT2D eigenvalue weighted by molar-refractivity contribution is -0.137. The van der Waals surface area contributed by atoms with E-state index in [1.54, 1.807) is 24.3 Å². The molecule has 0 N–H and O–H groups in total. The summed E-state index contributed by atoms with van der Waals surface area (Å²) in [5.41, 5.74) is -1.38. The molecule has 0 unspecified atom stereocenters. The molecule has 0 aliphatic carbocycles. The highest BCUT2D eigenvalue weighted by atomic mass is 19.4. The highest BCUT2D eigenvalue weighted by Gasteiger charge is 2.31. The Morgan fingerprint density at radius 3 is 2.14 bits per heavy atom. The molecule has 0 atom stereocenters. The van der Waals surface area contributed by atoms with Crippen molar-refractivity contribution in [2.24, 2.45) is 5.18 Å². The fraction of sp³-hybridized carbons (Fsp3) is 0.143. The van der Waals surface area contributed by atoms with Gasteiger partial charge in [-0.25, -0.2) is 0 Å². The van der Waals surface area contributed by atoms with Crippen molar-refractivity contribution >= 4 is 5.69 Å². The molecule has 0 spiro atoms. The molecule has 4 nitrogen and oxygen atoms in total. The van der Waals surface area contributed by atoms with Crippen LogP contribution in [-0.4, -0.2) is 7.11 Å². The van der Waals surface area contributed by atoms with E-state index in [0.717, 1.165) is 12.1 Å². The molecule has 2 rings (SSSR count). The zero-order valence-electron chi connectivity index (χ0n) is 10.8. The Kier molecular flexibility index (Phi) is 4.11. The molecular formula is C14H10F3NO3. The van der Waals surface area contributed by atoms with Crippen LogP contribution >= 0.6 is 0 Å². The van der Waals surface area contributed by atoms with Crippen LogP contribution in [0.1, 0.15) is 5.56 Å². The van der Waals surface area contributed by atoms with Gasteiger partial charge in [0.15, 0.2) is 11.4 Å². The highest BCUT2D eigenvalue weighted by Crippen LogP contribution is 2.38. The normalized spacial score (nSPS) is 11.0. The first-order valence-electron chi connectivity index (χ1n) is 5.80. The second-order valence-corrected chi connectivity index (χ2v) is 4.05. The van der Waals surface area contributed by atoms with E-state index >= 15 is 0 Å². The maximum absolute atomic E-state index is 12.5. The summed E-state index contributed by atoms with van der Waals surface area (Å²) in [7, 11) is 1.50. The zero-order valence-corrected chi connectivity index (χ0v) is 10.8. The van der Waals surface area contributed by atoms with E-state index in [1.165, 1.54) is 7.11 Å². The number of nitrogens with zero attached hydrogens (tertiary/aromatic N) is 1. The first-order valence-corrected chi connectivity index (χ1v) is 5.80. The van der Waals surface area contributed by atoms with Gasteiger partial charge in [-0.05, 0) is 47.6 Å². The summed E-state index contributed by atoms with van der Waals surface area (Å²) >= 11 is 0. The lowest BCUT2D eigenvalue weighted by Crippen LogP contribution is -2.04. The van der Waals surface area contributed by atoms with Crippen LogP contribution in [0.15, 0.2) is 47.6 Å². The molecule has 0 radical (unpaired) electrons. The number of nitroso groups, excluding NO2 is 1. The molecule has 0 aliphatic heterocycles. The number of halogens is 3. The van der Waals surface area contributed by atoms with E-state index in [9.17, 15) is 18.1 Å². The number of hydrogen-bond acceptors (Lipinski definition) is 4. The maximum atomic E-state index is 12.5. The first kappa shape index (κ1) is 14.8. The third-order valence-electron chi connectivity index (χ3n) is 2.67. The summed E-state index contributed by atoms with van der Waals surface area (Å²) in [6.07, 6.45) is -4.54. The molecule has 21 heavy (non-hydrogen) atoms. The summed E-state index contributed by atoms with van der Waals surface area (Å²) in [6, 6.07) is 8.89. The summed E-state index contributed by atoms with van der Waals surface area (Å²) < 4.78 is 48.0. The van der Waals surface area contributed by atoms with Crippen LogP contribution < -0.4 is 9.47 Å². The quantitative estimate of drug-likeness (QED) is 0.754. The summed E-state index contributed by atoms with van der Waals surface area (Å²) in [5, 5.41) is 2.57. The Morgan fingerprint density at radius 1 is 1.00 bits per heavy atom. The smallest absolute Gasteiger partial charge is 0.416 e. The van der Waals surface area contributed by atoms with Gasteiger partial charge >= 0.3 is 6.18 Å².